The predicted octanol–water partition coefficient (Wildman–Crippen LogP) is 4.03. The standard InChI is InChI=1S/C17H23FN2O/c1-5-20(11-14-7-6-8-21-14)17-9-12(2)16(18)10-15(17)13(3)19-4/h6-10,13,19H,5,11H2,1-4H3. The molecule has 0 saturated carbocycles. The van der Waals surface area contributed by atoms with Crippen molar-refractivity contribution in [3.63, 3.8) is 0 Å². The van der Waals surface area contributed by atoms with Gasteiger partial charge in [0.15, 0.2) is 0 Å². The van der Waals surface area contributed by atoms with Crippen LogP contribution >= 0.6 is 0 Å². The molecule has 2 rings (SSSR count). The van der Waals surface area contributed by atoms with Crippen LogP contribution in [-0.2, 0) is 6.54 Å². The van der Waals surface area contributed by atoms with E-state index < -0.39 is 0 Å². The molecular weight excluding hydrogens is 267 g/mol. The van der Waals surface area contributed by atoms with Crippen molar-refractivity contribution >= 4 is 5.69 Å². The third-order valence-corrected chi connectivity index (χ3v) is 3.86. The van der Waals surface area contributed by atoms with Gasteiger partial charge >= 0.3 is 0 Å². The summed E-state index contributed by atoms with van der Waals surface area (Å²) in [6.45, 7) is 7.43. The van der Waals surface area contributed by atoms with Gasteiger partial charge < -0.3 is 14.6 Å². The third kappa shape index (κ3) is 3.45. The van der Waals surface area contributed by atoms with Crippen molar-refractivity contribution in [3.8, 4) is 0 Å². The van der Waals surface area contributed by atoms with Crippen LogP contribution in [0, 0.1) is 12.7 Å². The van der Waals surface area contributed by atoms with Crippen molar-refractivity contribution in [1.82, 2.24) is 5.32 Å². The molecule has 0 aliphatic heterocycles. The lowest BCUT2D eigenvalue weighted by Crippen LogP contribution is -2.25. The van der Waals surface area contributed by atoms with E-state index >= 15 is 0 Å². The Bertz CT molecular complexity index is 581. The Morgan fingerprint density at radius 2 is 2.14 bits per heavy atom. The van der Waals surface area contributed by atoms with Crippen LogP contribution in [0.25, 0.3) is 0 Å². The van der Waals surface area contributed by atoms with E-state index in [1.165, 1.54) is 0 Å². The number of nitrogens with zero attached hydrogens (tertiary/aromatic N) is 1. The van der Waals surface area contributed by atoms with Crippen molar-refractivity contribution < 1.29 is 8.81 Å². The lowest BCUT2D eigenvalue weighted by Gasteiger charge is -2.27. The van der Waals surface area contributed by atoms with Crippen molar-refractivity contribution in [3.05, 3.63) is 53.2 Å². The molecular formula is C17H23FN2O. The molecule has 1 atom stereocenters. The van der Waals surface area contributed by atoms with E-state index in [2.05, 4.69) is 17.1 Å². The Hall–Kier alpha value is -1.81. The van der Waals surface area contributed by atoms with Crippen molar-refractivity contribution in [1.29, 1.82) is 0 Å². The molecule has 1 aromatic heterocycles. The van der Waals surface area contributed by atoms with Gasteiger partial charge in [-0.05, 0) is 63.2 Å². The van der Waals surface area contributed by atoms with Gasteiger partial charge in [-0.2, -0.15) is 0 Å². The summed E-state index contributed by atoms with van der Waals surface area (Å²) in [6, 6.07) is 7.48. The van der Waals surface area contributed by atoms with Gasteiger partial charge in [-0.1, -0.05) is 0 Å². The first-order valence-electron chi connectivity index (χ1n) is 7.31. The SMILES string of the molecule is CCN(Cc1ccco1)c1cc(C)c(F)cc1C(C)NC. The maximum Gasteiger partial charge on any atom is 0.126 e. The minimum Gasteiger partial charge on any atom is -0.467 e. The Morgan fingerprint density at radius 3 is 2.71 bits per heavy atom. The average Bonchev–Trinajstić information content (AvgIpc) is 2.99. The van der Waals surface area contributed by atoms with Gasteiger partial charge in [0.1, 0.15) is 11.6 Å². The van der Waals surface area contributed by atoms with Gasteiger partial charge in [0.25, 0.3) is 0 Å². The number of hydrogen-bond donors (Lipinski definition) is 1. The molecule has 21 heavy (non-hydrogen) atoms. The lowest BCUT2D eigenvalue weighted by molar-refractivity contribution is 0.502. The zero-order valence-electron chi connectivity index (χ0n) is 13.1. The highest BCUT2D eigenvalue weighted by atomic mass is 19.1. The van der Waals surface area contributed by atoms with Crippen LogP contribution in [0.3, 0.4) is 0 Å². The minimum atomic E-state index is -0.162. The molecule has 0 amide bonds. The molecule has 114 valence electrons. The zero-order valence-corrected chi connectivity index (χ0v) is 13.1. The summed E-state index contributed by atoms with van der Waals surface area (Å²) in [4.78, 5) is 2.20. The second-order valence-electron chi connectivity index (χ2n) is 5.26. The summed E-state index contributed by atoms with van der Waals surface area (Å²) in [6.07, 6.45) is 1.68. The molecule has 0 fully saturated rings. The van der Waals surface area contributed by atoms with E-state index in [0.717, 1.165) is 23.6 Å². The fraction of sp³-hybridized carbons (Fsp3) is 0.412. The van der Waals surface area contributed by atoms with Gasteiger partial charge in [-0.3, -0.25) is 0 Å². The Morgan fingerprint density at radius 1 is 1.38 bits per heavy atom. The molecule has 0 spiro atoms. The van der Waals surface area contributed by atoms with Crippen LogP contribution < -0.4 is 10.2 Å². The molecule has 0 bridgehead atoms. The number of nitrogens with one attached hydrogen (secondary N) is 1. The number of rotatable bonds is 6. The minimum absolute atomic E-state index is 0.0840. The quantitative estimate of drug-likeness (QED) is 0.870. The van der Waals surface area contributed by atoms with Crippen LogP contribution in [-0.4, -0.2) is 13.6 Å². The van der Waals surface area contributed by atoms with E-state index in [1.807, 2.05) is 32.2 Å². The largest absolute Gasteiger partial charge is 0.467 e. The summed E-state index contributed by atoms with van der Waals surface area (Å²) in [7, 11) is 1.88. The van der Waals surface area contributed by atoms with Gasteiger partial charge in [-0.15, -0.1) is 0 Å². The molecule has 1 aromatic carbocycles. The van der Waals surface area contributed by atoms with Gasteiger partial charge in [0.05, 0.1) is 12.8 Å². The monoisotopic (exact) mass is 290 g/mol. The molecule has 1 unspecified atom stereocenters. The number of furan rings is 1. The Kier molecular flexibility index (Phi) is 5.02. The zero-order chi connectivity index (χ0) is 15.4. The highest BCUT2D eigenvalue weighted by Gasteiger charge is 2.17. The molecule has 0 aliphatic rings. The number of halogens is 1. The Labute approximate surface area is 125 Å². The Balaban J connectivity index is 2.41. The average molecular weight is 290 g/mol. The molecule has 4 heteroatoms. The topological polar surface area (TPSA) is 28.4 Å². The summed E-state index contributed by atoms with van der Waals surface area (Å²) in [5.41, 5.74) is 2.68. The molecule has 1 N–H and O–H groups in total. The summed E-state index contributed by atoms with van der Waals surface area (Å²) in [5.74, 6) is 0.742. The van der Waals surface area contributed by atoms with Gasteiger partial charge in [-0.25, -0.2) is 4.39 Å². The third-order valence-electron chi connectivity index (χ3n) is 3.86. The van der Waals surface area contributed by atoms with E-state index in [9.17, 15) is 4.39 Å². The van der Waals surface area contributed by atoms with Crippen LogP contribution in [0.2, 0.25) is 0 Å². The van der Waals surface area contributed by atoms with E-state index in [-0.39, 0.29) is 11.9 Å². The smallest absolute Gasteiger partial charge is 0.126 e. The highest BCUT2D eigenvalue weighted by molar-refractivity contribution is 5.57. The molecule has 0 saturated heterocycles. The molecule has 0 aliphatic carbocycles. The first-order chi connectivity index (χ1) is 10.1. The molecule has 1 heterocycles. The lowest BCUT2D eigenvalue weighted by atomic mass is 10.0. The summed E-state index contributed by atoms with van der Waals surface area (Å²) in [5, 5.41) is 3.19. The van der Waals surface area contributed by atoms with Gasteiger partial charge in [0, 0.05) is 18.3 Å². The molecule has 2 aromatic rings. The first kappa shape index (κ1) is 15.6. The molecule has 3 nitrogen and oxygen atoms in total. The second kappa shape index (κ2) is 6.76. The van der Waals surface area contributed by atoms with E-state index in [1.54, 1.807) is 19.3 Å². The fourth-order valence-corrected chi connectivity index (χ4v) is 2.42. The number of anilines is 1. The second-order valence-corrected chi connectivity index (χ2v) is 5.26. The maximum absolute atomic E-state index is 13.9. The summed E-state index contributed by atoms with van der Waals surface area (Å²) < 4.78 is 19.4. The van der Waals surface area contributed by atoms with Crippen LogP contribution in [0.1, 0.15) is 36.8 Å². The van der Waals surface area contributed by atoms with Crippen LogP contribution in [0.4, 0.5) is 10.1 Å². The van der Waals surface area contributed by atoms with Gasteiger partial charge in [0.2, 0.25) is 0 Å². The normalized spacial score (nSPS) is 12.4. The predicted molar refractivity (Wildman–Crippen MR) is 84.0 cm³/mol. The summed E-state index contributed by atoms with van der Waals surface area (Å²) >= 11 is 0. The maximum atomic E-state index is 13.9. The van der Waals surface area contributed by atoms with Crippen molar-refractivity contribution in [2.45, 2.75) is 33.4 Å². The first-order valence-corrected chi connectivity index (χ1v) is 7.31. The highest BCUT2D eigenvalue weighted by Crippen LogP contribution is 2.30. The van der Waals surface area contributed by atoms with Crippen molar-refractivity contribution in [2.24, 2.45) is 0 Å². The number of aryl methyl sites for hydroxylation is 1. The number of benzene rings is 1. The van der Waals surface area contributed by atoms with E-state index in [0.29, 0.717) is 12.1 Å². The van der Waals surface area contributed by atoms with Crippen LogP contribution in [0.15, 0.2) is 34.9 Å². The van der Waals surface area contributed by atoms with Crippen molar-refractivity contribution in [2.75, 3.05) is 18.5 Å². The molecule has 0 radical (unpaired) electrons. The van der Waals surface area contributed by atoms with E-state index in [4.69, 9.17) is 4.42 Å². The van der Waals surface area contributed by atoms with Crippen LogP contribution in [0.5, 0.6) is 0 Å². The number of hydrogen-bond acceptors (Lipinski definition) is 3. The fourth-order valence-electron chi connectivity index (χ4n) is 2.42.